The Morgan fingerprint density at radius 2 is 1.75 bits per heavy atom. The first-order valence-corrected chi connectivity index (χ1v) is 8.64. The van der Waals surface area contributed by atoms with E-state index >= 15 is 0 Å². The van der Waals surface area contributed by atoms with Crippen LogP contribution in [0, 0.1) is 6.92 Å². The van der Waals surface area contributed by atoms with Crippen LogP contribution in [0.25, 0.3) is 22.3 Å². The summed E-state index contributed by atoms with van der Waals surface area (Å²) >= 11 is 0. The van der Waals surface area contributed by atoms with Crippen molar-refractivity contribution < 1.29 is 0 Å². The van der Waals surface area contributed by atoms with Crippen LogP contribution in [0.4, 0.5) is 0 Å². The molecule has 1 aromatic carbocycles. The van der Waals surface area contributed by atoms with Crippen LogP contribution in [0.1, 0.15) is 37.2 Å². The van der Waals surface area contributed by atoms with Gasteiger partial charge in [0.25, 0.3) is 0 Å². The Morgan fingerprint density at radius 1 is 1.04 bits per heavy atom. The van der Waals surface area contributed by atoms with E-state index in [0.29, 0.717) is 6.04 Å². The minimum absolute atomic E-state index is 0.479. The third kappa shape index (κ3) is 2.59. The lowest BCUT2D eigenvalue weighted by molar-refractivity contribution is 0.263. The first-order valence-electron chi connectivity index (χ1n) is 8.64. The largest absolute Gasteiger partial charge is 0.297 e. The summed E-state index contributed by atoms with van der Waals surface area (Å²) in [7, 11) is 1.92. The number of fused-ring (bicyclic) bond motifs is 1. The molecule has 0 aliphatic carbocycles. The molecule has 5 heteroatoms. The average molecular weight is 321 g/mol. The smallest absolute Gasteiger partial charge is 0.161 e. The second-order valence-electron chi connectivity index (χ2n) is 6.67. The SMILES string of the molecule is Cc1nc(-c2ccc([C@@H](C)N3CCCC3)cc2)c2cnn(C)c2n1. The lowest BCUT2D eigenvalue weighted by atomic mass is 10.0. The fraction of sp³-hybridized carbons (Fsp3) is 0.421. The number of aryl methyl sites for hydroxylation is 2. The summed E-state index contributed by atoms with van der Waals surface area (Å²) in [5.74, 6) is 0.774. The van der Waals surface area contributed by atoms with Gasteiger partial charge < -0.3 is 0 Å². The minimum atomic E-state index is 0.479. The van der Waals surface area contributed by atoms with Gasteiger partial charge in [-0.1, -0.05) is 24.3 Å². The van der Waals surface area contributed by atoms with Crippen molar-refractivity contribution in [2.75, 3.05) is 13.1 Å². The molecule has 4 rings (SSSR count). The number of hydrogen-bond donors (Lipinski definition) is 0. The summed E-state index contributed by atoms with van der Waals surface area (Å²) in [4.78, 5) is 11.7. The highest BCUT2D eigenvalue weighted by molar-refractivity contribution is 5.90. The third-order valence-electron chi connectivity index (χ3n) is 5.06. The van der Waals surface area contributed by atoms with E-state index in [1.54, 1.807) is 4.68 Å². The molecule has 0 unspecified atom stereocenters. The molecule has 2 aromatic heterocycles. The quantitative estimate of drug-likeness (QED) is 0.741. The van der Waals surface area contributed by atoms with E-state index in [9.17, 15) is 0 Å². The van der Waals surface area contributed by atoms with Crippen LogP contribution >= 0.6 is 0 Å². The summed E-state index contributed by atoms with van der Waals surface area (Å²) in [6.45, 7) is 6.66. The van der Waals surface area contributed by atoms with Gasteiger partial charge in [-0.25, -0.2) is 9.97 Å². The molecule has 3 aromatic rings. The Balaban J connectivity index is 1.70. The first kappa shape index (κ1) is 15.3. The summed E-state index contributed by atoms with van der Waals surface area (Å²) in [6.07, 6.45) is 4.49. The average Bonchev–Trinajstić information content (AvgIpc) is 3.25. The van der Waals surface area contributed by atoms with Gasteiger partial charge in [0.05, 0.1) is 17.3 Å². The first-order chi connectivity index (χ1) is 11.6. The molecule has 24 heavy (non-hydrogen) atoms. The van der Waals surface area contributed by atoms with Crippen molar-refractivity contribution in [3.63, 3.8) is 0 Å². The Morgan fingerprint density at radius 3 is 2.46 bits per heavy atom. The number of likely N-dealkylation sites (tertiary alicyclic amines) is 1. The monoisotopic (exact) mass is 321 g/mol. The second-order valence-corrected chi connectivity index (χ2v) is 6.67. The molecule has 0 amide bonds. The highest BCUT2D eigenvalue weighted by Crippen LogP contribution is 2.29. The molecular formula is C19H23N5. The topological polar surface area (TPSA) is 46.8 Å². The molecule has 0 bridgehead atoms. The molecule has 1 saturated heterocycles. The summed E-state index contributed by atoms with van der Waals surface area (Å²) in [6, 6.07) is 9.30. The molecule has 3 heterocycles. The summed E-state index contributed by atoms with van der Waals surface area (Å²) in [5.41, 5.74) is 4.34. The minimum Gasteiger partial charge on any atom is -0.297 e. The van der Waals surface area contributed by atoms with Gasteiger partial charge in [-0.2, -0.15) is 5.10 Å². The van der Waals surface area contributed by atoms with Gasteiger partial charge in [0.2, 0.25) is 0 Å². The number of rotatable bonds is 3. The Bertz CT molecular complexity index is 859. The standard InChI is InChI=1S/C19H23N5/c1-13(24-10-4-5-11-24)15-6-8-16(9-7-15)18-17-12-20-23(3)19(17)22-14(2)21-18/h6-9,12-13H,4-5,10-11H2,1-3H3/t13-/m1/s1. The molecule has 124 valence electrons. The van der Waals surface area contributed by atoms with Gasteiger partial charge >= 0.3 is 0 Å². The molecule has 0 spiro atoms. The predicted molar refractivity (Wildman–Crippen MR) is 95.7 cm³/mol. The van der Waals surface area contributed by atoms with Crippen LogP contribution in [-0.2, 0) is 7.05 Å². The number of hydrogen-bond acceptors (Lipinski definition) is 4. The third-order valence-corrected chi connectivity index (χ3v) is 5.06. The lowest BCUT2D eigenvalue weighted by Crippen LogP contribution is -2.23. The maximum atomic E-state index is 4.66. The molecule has 1 aliphatic heterocycles. The molecule has 1 aliphatic rings. The zero-order valence-electron chi connectivity index (χ0n) is 14.5. The van der Waals surface area contributed by atoms with E-state index in [2.05, 4.69) is 51.2 Å². The predicted octanol–water partition coefficient (Wildman–Crippen LogP) is 3.50. The number of aromatic nitrogens is 4. The lowest BCUT2D eigenvalue weighted by Gasteiger charge is -2.24. The normalized spacial score (nSPS) is 16.8. The molecule has 1 atom stereocenters. The maximum Gasteiger partial charge on any atom is 0.161 e. The maximum absolute atomic E-state index is 4.66. The number of benzene rings is 1. The van der Waals surface area contributed by atoms with Crippen molar-refractivity contribution in [1.82, 2.24) is 24.6 Å². The van der Waals surface area contributed by atoms with Crippen LogP contribution in [0.5, 0.6) is 0 Å². The zero-order valence-corrected chi connectivity index (χ0v) is 14.5. The van der Waals surface area contributed by atoms with Crippen LogP contribution in [0.3, 0.4) is 0 Å². The highest BCUT2D eigenvalue weighted by Gasteiger charge is 2.19. The highest BCUT2D eigenvalue weighted by atomic mass is 15.3. The van der Waals surface area contributed by atoms with E-state index < -0.39 is 0 Å². The van der Waals surface area contributed by atoms with Crippen molar-refractivity contribution in [2.45, 2.75) is 32.7 Å². The van der Waals surface area contributed by atoms with Gasteiger partial charge in [0.15, 0.2) is 5.65 Å². The summed E-state index contributed by atoms with van der Waals surface area (Å²) < 4.78 is 1.80. The van der Waals surface area contributed by atoms with Crippen LogP contribution in [0.2, 0.25) is 0 Å². The van der Waals surface area contributed by atoms with Gasteiger partial charge in [0, 0.05) is 18.7 Å². The van der Waals surface area contributed by atoms with Gasteiger partial charge in [-0.05, 0) is 45.3 Å². The zero-order chi connectivity index (χ0) is 16.7. The molecule has 1 fully saturated rings. The van der Waals surface area contributed by atoms with Crippen molar-refractivity contribution in [1.29, 1.82) is 0 Å². The molecule has 0 radical (unpaired) electrons. The van der Waals surface area contributed by atoms with Crippen molar-refractivity contribution >= 4 is 11.0 Å². The Kier molecular flexibility index (Phi) is 3.81. The van der Waals surface area contributed by atoms with E-state index in [0.717, 1.165) is 28.1 Å². The van der Waals surface area contributed by atoms with Gasteiger partial charge in [-0.3, -0.25) is 9.58 Å². The van der Waals surface area contributed by atoms with E-state index in [-0.39, 0.29) is 0 Å². The van der Waals surface area contributed by atoms with Crippen molar-refractivity contribution in [3.8, 4) is 11.3 Å². The van der Waals surface area contributed by atoms with E-state index in [4.69, 9.17) is 0 Å². The van der Waals surface area contributed by atoms with E-state index in [1.165, 1.54) is 31.5 Å². The van der Waals surface area contributed by atoms with Crippen LogP contribution in [0.15, 0.2) is 30.5 Å². The molecular weight excluding hydrogens is 298 g/mol. The van der Waals surface area contributed by atoms with E-state index in [1.807, 2.05) is 20.2 Å². The Labute approximate surface area is 142 Å². The summed E-state index contributed by atoms with van der Waals surface area (Å²) in [5, 5.41) is 5.33. The molecule has 0 saturated carbocycles. The van der Waals surface area contributed by atoms with Crippen molar-refractivity contribution in [2.24, 2.45) is 7.05 Å². The Hall–Kier alpha value is -2.27. The second kappa shape index (κ2) is 5.98. The molecule has 5 nitrogen and oxygen atoms in total. The van der Waals surface area contributed by atoms with Crippen molar-refractivity contribution in [3.05, 3.63) is 41.9 Å². The molecule has 0 N–H and O–H groups in total. The fourth-order valence-electron chi connectivity index (χ4n) is 3.61. The number of nitrogens with zero attached hydrogens (tertiary/aromatic N) is 5. The van der Waals surface area contributed by atoms with Crippen LogP contribution < -0.4 is 0 Å². The van der Waals surface area contributed by atoms with Gasteiger partial charge in [-0.15, -0.1) is 0 Å². The van der Waals surface area contributed by atoms with Gasteiger partial charge in [0.1, 0.15) is 5.82 Å². The fourth-order valence-corrected chi connectivity index (χ4v) is 3.61. The van der Waals surface area contributed by atoms with Crippen LogP contribution in [-0.4, -0.2) is 37.7 Å².